The van der Waals surface area contributed by atoms with E-state index in [0.29, 0.717) is 11.5 Å². The van der Waals surface area contributed by atoms with E-state index >= 15 is 0 Å². The summed E-state index contributed by atoms with van der Waals surface area (Å²) in [7, 11) is 0. The van der Waals surface area contributed by atoms with Crippen molar-refractivity contribution in [3.8, 4) is 5.75 Å². The first-order valence-corrected chi connectivity index (χ1v) is 14.3. The Morgan fingerprint density at radius 1 is 0.886 bits per heavy atom. The second-order valence-electron chi connectivity index (χ2n) is 7.74. The third-order valence-corrected chi connectivity index (χ3v) is 6.67. The largest absolute Gasteiger partial charge is 0.508 e. The maximum absolute atomic E-state index is 12.8. The number of nitrogens with two attached hydrogens (primary N) is 1. The molecule has 0 fully saturated rings. The predicted molar refractivity (Wildman–Crippen MR) is 143 cm³/mol. The van der Waals surface area contributed by atoms with Crippen molar-refractivity contribution in [2.75, 3.05) is 29.8 Å². The molecule has 0 saturated heterocycles. The second kappa shape index (κ2) is 16.6. The molecule has 10 nitrogen and oxygen atoms in total. The average molecular weight is 547 g/mol. The summed E-state index contributed by atoms with van der Waals surface area (Å²) in [4.78, 5) is 49.7. The summed E-state index contributed by atoms with van der Waals surface area (Å²) in [6, 6.07) is 2.22. The summed E-state index contributed by atoms with van der Waals surface area (Å²) in [5, 5.41) is 26.4. The molecule has 1 aromatic rings. The molecular weight excluding hydrogens is 512 g/mol. The van der Waals surface area contributed by atoms with Crippen LogP contribution in [0.3, 0.4) is 0 Å². The maximum atomic E-state index is 12.8. The fourth-order valence-corrected chi connectivity index (χ4v) is 4.19. The first-order chi connectivity index (χ1) is 16.6. The molecule has 0 spiro atoms. The van der Waals surface area contributed by atoms with E-state index in [1.54, 1.807) is 12.1 Å². The second-order valence-corrected chi connectivity index (χ2v) is 10.1. The molecule has 0 heterocycles. The van der Waals surface area contributed by atoms with Crippen molar-refractivity contribution in [3.63, 3.8) is 0 Å². The van der Waals surface area contributed by atoms with Gasteiger partial charge in [0.2, 0.25) is 17.7 Å². The third kappa shape index (κ3) is 11.5. The number of nitrogens with one attached hydrogen (secondary N) is 3. The van der Waals surface area contributed by atoms with Gasteiger partial charge < -0.3 is 31.9 Å². The summed E-state index contributed by atoms with van der Waals surface area (Å²) in [5.74, 6) is -1.78. The highest BCUT2D eigenvalue weighted by molar-refractivity contribution is 7.98. The number of carbonyl (C=O) groups excluding carboxylic acids is 3. The Morgan fingerprint density at radius 3 is 1.89 bits per heavy atom. The zero-order chi connectivity index (χ0) is 26.4. The number of rotatable bonds is 16. The molecule has 13 heteroatoms. The van der Waals surface area contributed by atoms with Gasteiger partial charge in [-0.3, -0.25) is 14.4 Å². The van der Waals surface area contributed by atoms with Crippen LogP contribution < -0.4 is 21.7 Å². The molecule has 4 atom stereocenters. The SMILES string of the molecule is CSCCC(NC(=O)C(CCSC)NC(=O)C(CS)NC(=O)C(N)Cc1ccc(O)cc1)C(=O)O. The van der Waals surface area contributed by atoms with E-state index in [1.165, 1.54) is 35.7 Å². The van der Waals surface area contributed by atoms with Crippen LogP contribution in [0.25, 0.3) is 0 Å². The van der Waals surface area contributed by atoms with Crippen molar-refractivity contribution in [2.45, 2.75) is 43.4 Å². The molecule has 0 saturated carbocycles. The number of aliphatic carboxylic acids is 1. The van der Waals surface area contributed by atoms with Crippen molar-refractivity contribution in [1.82, 2.24) is 16.0 Å². The molecule has 0 aliphatic heterocycles. The van der Waals surface area contributed by atoms with Crippen LogP contribution in [0.15, 0.2) is 24.3 Å². The molecule has 1 aromatic carbocycles. The van der Waals surface area contributed by atoms with Gasteiger partial charge in [-0.1, -0.05) is 12.1 Å². The van der Waals surface area contributed by atoms with E-state index in [0.717, 1.165) is 5.56 Å². The molecular formula is C22H34N4O6S3. The van der Waals surface area contributed by atoms with Crippen LogP contribution in [-0.2, 0) is 25.6 Å². The van der Waals surface area contributed by atoms with Crippen molar-refractivity contribution in [2.24, 2.45) is 5.73 Å². The molecule has 1 rings (SSSR count). The third-order valence-electron chi connectivity index (χ3n) is 5.01. The molecule has 35 heavy (non-hydrogen) atoms. The van der Waals surface area contributed by atoms with Gasteiger partial charge >= 0.3 is 5.97 Å². The number of aromatic hydroxyl groups is 1. The summed E-state index contributed by atoms with van der Waals surface area (Å²) in [6.45, 7) is 0. The van der Waals surface area contributed by atoms with Crippen molar-refractivity contribution < 1.29 is 29.4 Å². The molecule has 196 valence electrons. The number of benzene rings is 1. The van der Waals surface area contributed by atoms with Gasteiger partial charge in [-0.25, -0.2) is 4.79 Å². The summed E-state index contributed by atoms with van der Waals surface area (Å²) < 4.78 is 0. The summed E-state index contributed by atoms with van der Waals surface area (Å²) >= 11 is 7.09. The molecule has 4 unspecified atom stereocenters. The Bertz CT molecular complexity index is 843. The Morgan fingerprint density at radius 2 is 1.37 bits per heavy atom. The summed E-state index contributed by atoms with van der Waals surface area (Å²) in [5.41, 5.74) is 6.71. The number of carboxylic acid groups (broad SMARTS) is 1. The molecule has 0 aliphatic carbocycles. The Kier molecular flexibility index (Phi) is 14.6. The number of hydrogen-bond acceptors (Lipinski definition) is 9. The number of thiol groups is 1. The van der Waals surface area contributed by atoms with E-state index in [4.69, 9.17) is 5.73 Å². The van der Waals surface area contributed by atoms with Crippen molar-refractivity contribution in [1.29, 1.82) is 0 Å². The fourth-order valence-electron chi connectivity index (χ4n) is 2.99. The van der Waals surface area contributed by atoms with Crippen LogP contribution in [0.1, 0.15) is 18.4 Å². The van der Waals surface area contributed by atoms with Gasteiger partial charge in [0.15, 0.2) is 0 Å². The molecule has 0 aliphatic rings. The number of hydrogen-bond donors (Lipinski definition) is 7. The first kappa shape index (κ1) is 30.9. The normalized spacial score (nSPS) is 14.3. The van der Waals surface area contributed by atoms with Crippen molar-refractivity contribution in [3.05, 3.63) is 29.8 Å². The maximum Gasteiger partial charge on any atom is 0.326 e. The zero-order valence-corrected chi connectivity index (χ0v) is 22.3. The minimum atomic E-state index is -1.15. The lowest BCUT2D eigenvalue weighted by Crippen LogP contribution is -2.58. The van der Waals surface area contributed by atoms with Crippen LogP contribution in [0.2, 0.25) is 0 Å². The Balaban J connectivity index is 2.79. The van der Waals surface area contributed by atoms with Crippen LogP contribution in [0, 0.1) is 0 Å². The summed E-state index contributed by atoms with van der Waals surface area (Å²) in [6.07, 6.45) is 4.41. The van der Waals surface area contributed by atoms with Crippen LogP contribution >= 0.6 is 36.2 Å². The van der Waals surface area contributed by atoms with Crippen LogP contribution in [0.5, 0.6) is 5.75 Å². The van der Waals surface area contributed by atoms with Crippen LogP contribution in [0.4, 0.5) is 0 Å². The number of carbonyl (C=O) groups is 4. The van der Waals surface area contributed by atoms with Crippen molar-refractivity contribution >= 4 is 59.8 Å². The molecule has 0 aromatic heterocycles. The van der Waals surface area contributed by atoms with Gasteiger partial charge in [-0.2, -0.15) is 36.2 Å². The number of amides is 3. The highest BCUT2D eigenvalue weighted by Crippen LogP contribution is 2.11. The van der Waals surface area contributed by atoms with Crippen LogP contribution in [-0.4, -0.2) is 87.8 Å². The fraction of sp³-hybridized carbons (Fsp3) is 0.545. The quantitative estimate of drug-likeness (QED) is 0.143. The molecule has 3 amide bonds. The highest BCUT2D eigenvalue weighted by Gasteiger charge is 2.29. The number of phenolic OH excluding ortho intramolecular Hbond substituents is 1. The number of thioether (sulfide) groups is 2. The van der Waals surface area contributed by atoms with Gasteiger partial charge in [-0.15, -0.1) is 0 Å². The lowest BCUT2D eigenvalue weighted by atomic mass is 10.1. The van der Waals surface area contributed by atoms with E-state index in [2.05, 4.69) is 28.6 Å². The van der Waals surface area contributed by atoms with E-state index in [9.17, 15) is 29.4 Å². The predicted octanol–water partition coefficient (Wildman–Crippen LogP) is 0.237. The Hall–Kier alpha value is -2.09. The monoisotopic (exact) mass is 546 g/mol. The van der Waals surface area contributed by atoms with Gasteiger partial charge in [0.1, 0.15) is 23.9 Å². The first-order valence-electron chi connectivity index (χ1n) is 10.9. The van der Waals surface area contributed by atoms with E-state index in [-0.39, 0.29) is 30.8 Å². The van der Waals surface area contributed by atoms with Gasteiger partial charge in [0.25, 0.3) is 0 Å². The van der Waals surface area contributed by atoms with Gasteiger partial charge in [-0.05, 0) is 61.0 Å². The molecule has 0 radical (unpaired) electrons. The molecule has 7 N–H and O–H groups in total. The minimum Gasteiger partial charge on any atom is -0.508 e. The number of carboxylic acids is 1. The van der Waals surface area contributed by atoms with E-state index in [1.807, 2.05) is 12.5 Å². The topological polar surface area (TPSA) is 171 Å². The standard InChI is InChI=1S/C22H34N4O6S3/c1-34-9-7-16(20(29)25-17(22(31)32)8-10-35-2)24-21(30)18(12-33)26-19(28)15(23)11-13-3-5-14(27)6-4-13/h3-6,15-18,27,33H,7-12,23H2,1-2H3,(H,24,30)(H,25,29)(H,26,28)(H,31,32). The smallest absolute Gasteiger partial charge is 0.326 e. The lowest BCUT2D eigenvalue weighted by Gasteiger charge is -2.24. The molecule has 0 bridgehead atoms. The zero-order valence-electron chi connectivity index (χ0n) is 19.7. The minimum absolute atomic E-state index is 0.0359. The lowest BCUT2D eigenvalue weighted by molar-refractivity contribution is -0.142. The average Bonchev–Trinajstić information content (AvgIpc) is 2.83. The van der Waals surface area contributed by atoms with Gasteiger partial charge in [0.05, 0.1) is 6.04 Å². The van der Waals surface area contributed by atoms with E-state index < -0.39 is 47.9 Å². The number of phenols is 1. The Labute approximate surface area is 219 Å². The van der Waals surface area contributed by atoms with Gasteiger partial charge in [0, 0.05) is 5.75 Å². The highest BCUT2D eigenvalue weighted by atomic mass is 32.2.